The summed E-state index contributed by atoms with van der Waals surface area (Å²) in [6.07, 6.45) is 7.40. The van der Waals surface area contributed by atoms with Crippen molar-refractivity contribution in [2.75, 3.05) is 46.4 Å². The van der Waals surface area contributed by atoms with Gasteiger partial charge in [-0.3, -0.25) is 9.80 Å². The average Bonchev–Trinajstić information content (AvgIpc) is 3.28. The van der Waals surface area contributed by atoms with Crippen LogP contribution in [0.4, 0.5) is 0 Å². The second-order valence-electron chi connectivity index (χ2n) is 9.46. The van der Waals surface area contributed by atoms with Gasteiger partial charge >= 0.3 is 0 Å². The van der Waals surface area contributed by atoms with E-state index in [1.807, 2.05) is 35.1 Å². The first-order chi connectivity index (χ1) is 15.6. The van der Waals surface area contributed by atoms with Crippen LogP contribution in [0.25, 0.3) is 5.69 Å². The first-order valence-electron chi connectivity index (χ1n) is 12.1. The highest BCUT2D eigenvalue weighted by atomic mass is 16.5. The summed E-state index contributed by atoms with van der Waals surface area (Å²) in [7, 11) is 1.69. The topological polar surface area (TPSA) is 57.0 Å². The number of ether oxygens (including phenoxy) is 1. The third-order valence-electron chi connectivity index (χ3n) is 7.15. The molecule has 0 radical (unpaired) electrons. The Morgan fingerprint density at radius 2 is 1.91 bits per heavy atom. The molecule has 7 nitrogen and oxygen atoms in total. The van der Waals surface area contributed by atoms with E-state index >= 15 is 0 Å². The van der Waals surface area contributed by atoms with Crippen molar-refractivity contribution in [1.82, 2.24) is 24.5 Å². The summed E-state index contributed by atoms with van der Waals surface area (Å²) in [6, 6.07) is 9.67. The highest BCUT2D eigenvalue weighted by Gasteiger charge is 2.33. The molecule has 1 aromatic carbocycles. The molecule has 2 aliphatic heterocycles. The molecule has 1 N–H and O–H groups in total. The molecule has 1 atom stereocenters. The number of hydrogen-bond acceptors (Lipinski definition) is 6. The van der Waals surface area contributed by atoms with Crippen LogP contribution in [-0.4, -0.2) is 94.2 Å². The zero-order valence-corrected chi connectivity index (χ0v) is 19.9. The van der Waals surface area contributed by atoms with Crippen LogP contribution >= 0.6 is 0 Å². The number of piperazine rings is 1. The van der Waals surface area contributed by atoms with Gasteiger partial charge in [-0.05, 0) is 58.3 Å². The summed E-state index contributed by atoms with van der Waals surface area (Å²) in [4.78, 5) is 7.81. The number of aromatic nitrogens is 2. The Bertz CT molecular complexity index is 846. The Labute approximate surface area is 192 Å². The number of likely N-dealkylation sites (tertiary alicyclic amines) is 1. The van der Waals surface area contributed by atoms with Gasteiger partial charge in [-0.25, -0.2) is 4.68 Å². The Balaban J connectivity index is 1.37. The van der Waals surface area contributed by atoms with Crippen molar-refractivity contribution in [1.29, 1.82) is 0 Å². The lowest BCUT2D eigenvalue weighted by Crippen LogP contribution is -2.58. The minimum absolute atomic E-state index is 0.256. The SMILES string of the molecule is COc1ccccc1-n1cc(CN2CCN(C3CCN(C(C)C)CC3)[C@@H](CCO)C2)cn1. The number of rotatable bonds is 8. The summed E-state index contributed by atoms with van der Waals surface area (Å²) in [5.41, 5.74) is 2.16. The molecule has 3 heterocycles. The molecule has 7 heteroatoms. The van der Waals surface area contributed by atoms with E-state index in [1.54, 1.807) is 7.11 Å². The second-order valence-corrected chi connectivity index (χ2v) is 9.46. The van der Waals surface area contributed by atoms with Gasteiger partial charge in [0.05, 0.1) is 13.3 Å². The van der Waals surface area contributed by atoms with Crippen LogP contribution in [0.15, 0.2) is 36.7 Å². The van der Waals surface area contributed by atoms with Crippen molar-refractivity contribution in [3.05, 3.63) is 42.2 Å². The molecule has 0 spiro atoms. The number of hydrogen-bond donors (Lipinski definition) is 1. The molecular weight excluding hydrogens is 402 g/mol. The fourth-order valence-corrected chi connectivity index (χ4v) is 5.35. The Kier molecular flexibility index (Phi) is 7.84. The van der Waals surface area contributed by atoms with Crippen LogP contribution in [0.5, 0.6) is 5.75 Å². The smallest absolute Gasteiger partial charge is 0.144 e. The summed E-state index contributed by atoms with van der Waals surface area (Å²) >= 11 is 0. The largest absolute Gasteiger partial charge is 0.494 e. The molecule has 2 fully saturated rings. The maximum absolute atomic E-state index is 9.73. The predicted molar refractivity (Wildman–Crippen MR) is 127 cm³/mol. The zero-order valence-electron chi connectivity index (χ0n) is 19.9. The monoisotopic (exact) mass is 441 g/mol. The zero-order chi connectivity index (χ0) is 22.5. The molecule has 4 rings (SSSR count). The third-order valence-corrected chi connectivity index (χ3v) is 7.15. The number of aliphatic hydroxyl groups excluding tert-OH is 1. The van der Waals surface area contributed by atoms with Gasteiger partial charge in [0.2, 0.25) is 0 Å². The highest BCUT2D eigenvalue weighted by molar-refractivity contribution is 5.46. The Morgan fingerprint density at radius 1 is 1.12 bits per heavy atom. The van der Waals surface area contributed by atoms with Crippen molar-refractivity contribution < 1.29 is 9.84 Å². The molecule has 2 aliphatic rings. The number of benzene rings is 1. The normalized spacial score (nSPS) is 22.0. The quantitative estimate of drug-likeness (QED) is 0.680. The van der Waals surface area contributed by atoms with Crippen LogP contribution in [0.1, 0.15) is 38.7 Å². The fourth-order valence-electron chi connectivity index (χ4n) is 5.35. The van der Waals surface area contributed by atoms with Crippen LogP contribution in [-0.2, 0) is 6.54 Å². The average molecular weight is 442 g/mol. The van der Waals surface area contributed by atoms with Gasteiger partial charge in [0.15, 0.2) is 0 Å². The van der Waals surface area contributed by atoms with Gasteiger partial charge in [0, 0.05) is 62.7 Å². The van der Waals surface area contributed by atoms with Crippen LogP contribution in [0.2, 0.25) is 0 Å². The Hall–Kier alpha value is -1.93. The molecule has 0 bridgehead atoms. The highest BCUT2D eigenvalue weighted by Crippen LogP contribution is 2.26. The number of piperidine rings is 1. The van der Waals surface area contributed by atoms with E-state index in [9.17, 15) is 5.11 Å². The van der Waals surface area contributed by atoms with Crippen molar-refractivity contribution >= 4 is 0 Å². The van der Waals surface area contributed by atoms with Crippen LogP contribution in [0, 0.1) is 0 Å². The van der Waals surface area contributed by atoms with E-state index in [-0.39, 0.29) is 6.61 Å². The molecule has 0 aliphatic carbocycles. The van der Waals surface area contributed by atoms with Crippen LogP contribution < -0.4 is 4.74 Å². The minimum Gasteiger partial charge on any atom is -0.494 e. The van der Waals surface area contributed by atoms with E-state index in [1.165, 1.54) is 31.5 Å². The lowest BCUT2D eigenvalue weighted by Gasteiger charge is -2.48. The van der Waals surface area contributed by atoms with Crippen molar-refractivity contribution in [2.24, 2.45) is 0 Å². The van der Waals surface area contributed by atoms with Gasteiger partial charge in [-0.15, -0.1) is 0 Å². The Morgan fingerprint density at radius 3 is 2.62 bits per heavy atom. The number of nitrogens with zero attached hydrogens (tertiary/aromatic N) is 5. The molecular formula is C25H39N5O2. The van der Waals surface area contributed by atoms with E-state index in [2.05, 4.69) is 39.8 Å². The summed E-state index contributed by atoms with van der Waals surface area (Å²) < 4.78 is 7.39. The molecule has 2 aromatic rings. The minimum atomic E-state index is 0.256. The molecule has 0 saturated carbocycles. The van der Waals surface area contributed by atoms with Crippen molar-refractivity contribution in [2.45, 2.75) is 57.8 Å². The number of methoxy groups -OCH3 is 1. The van der Waals surface area contributed by atoms with E-state index < -0.39 is 0 Å². The summed E-state index contributed by atoms with van der Waals surface area (Å²) in [6.45, 7) is 11.3. The number of para-hydroxylation sites is 2. The van der Waals surface area contributed by atoms with E-state index in [0.29, 0.717) is 18.1 Å². The van der Waals surface area contributed by atoms with Crippen LogP contribution in [0.3, 0.4) is 0 Å². The predicted octanol–water partition coefficient (Wildman–Crippen LogP) is 2.62. The van der Waals surface area contributed by atoms with Gasteiger partial charge < -0.3 is 14.7 Å². The third kappa shape index (κ3) is 5.34. The first kappa shape index (κ1) is 23.2. The van der Waals surface area contributed by atoms with Gasteiger partial charge in [0.1, 0.15) is 11.4 Å². The molecule has 2 saturated heterocycles. The van der Waals surface area contributed by atoms with Crippen molar-refractivity contribution in [3.8, 4) is 11.4 Å². The fraction of sp³-hybridized carbons (Fsp3) is 0.640. The first-order valence-corrected chi connectivity index (χ1v) is 12.1. The lowest BCUT2D eigenvalue weighted by molar-refractivity contribution is -0.0000322. The summed E-state index contributed by atoms with van der Waals surface area (Å²) in [5, 5.41) is 14.3. The maximum Gasteiger partial charge on any atom is 0.144 e. The van der Waals surface area contributed by atoms with E-state index in [0.717, 1.165) is 44.0 Å². The molecule has 32 heavy (non-hydrogen) atoms. The summed E-state index contributed by atoms with van der Waals surface area (Å²) in [5.74, 6) is 0.822. The van der Waals surface area contributed by atoms with Crippen molar-refractivity contribution in [3.63, 3.8) is 0 Å². The van der Waals surface area contributed by atoms with Gasteiger partial charge in [0.25, 0.3) is 0 Å². The molecule has 0 amide bonds. The number of aliphatic hydroxyl groups is 1. The van der Waals surface area contributed by atoms with Gasteiger partial charge in [-0.1, -0.05) is 12.1 Å². The lowest BCUT2D eigenvalue weighted by atomic mass is 9.97. The second kappa shape index (κ2) is 10.8. The molecule has 1 aromatic heterocycles. The molecule has 0 unspecified atom stereocenters. The maximum atomic E-state index is 9.73. The van der Waals surface area contributed by atoms with Gasteiger partial charge in [-0.2, -0.15) is 5.10 Å². The standard InChI is InChI=1S/C25H39N5O2/c1-20(2)28-11-8-22(9-12-28)29-14-13-27(19-23(29)10-15-31)17-21-16-26-30(18-21)24-6-4-5-7-25(24)32-3/h4-7,16,18,20,22-23,31H,8-15,17,19H2,1-3H3/t23-/m0/s1. The van der Waals surface area contributed by atoms with E-state index in [4.69, 9.17) is 4.74 Å². The molecule has 176 valence electrons.